The number of pyridine rings is 1. The lowest BCUT2D eigenvalue weighted by Gasteiger charge is -2.14. The molecular weight excluding hydrogens is 681 g/mol. The molecule has 0 saturated carbocycles. The Bertz CT molecular complexity index is 2980. The number of hydrogen-bond donors (Lipinski definition) is 0. The van der Waals surface area contributed by atoms with E-state index in [0.717, 1.165) is 77.4 Å². The Balaban J connectivity index is 1.09. The molecule has 0 N–H and O–H groups in total. The Labute approximate surface area is 325 Å². The predicted octanol–water partition coefficient (Wildman–Crippen LogP) is 13.2. The molecule has 0 unspecified atom stereocenters. The van der Waals surface area contributed by atoms with Crippen LogP contribution in [0.4, 0.5) is 0 Å². The molecule has 0 saturated heterocycles. The van der Waals surface area contributed by atoms with E-state index in [4.69, 9.17) is 19.9 Å². The second-order valence-electron chi connectivity index (χ2n) is 13.9. The lowest BCUT2D eigenvalue weighted by Crippen LogP contribution is -2.00. The molecule has 0 fully saturated rings. The van der Waals surface area contributed by atoms with Gasteiger partial charge in [0.15, 0.2) is 17.5 Å². The van der Waals surface area contributed by atoms with Gasteiger partial charge in [-0.3, -0.25) is 0 Å². The molecule has 0 spiro atoms. The summed E-state index contributed by atoms with van der Waals surface area (Å²) >= 11 is 0. The molecule has 4 nitrogen and oxygen atoms in total. The smallest absolute Gasteiger partial charge is 0.164 e. The third kappa shape index (κ3) is 6.40. The van der Waals surface area contributed by atoms with Crippen LogP contribution < -0.4 is 0 Å². The maximum Gasteiger partial charge on any atom is 0.164 e. The zero-order chi connectivity index (χ0) is 37.3. The first kappa shape index (κ1) is 33.0. The highest BCUT2D eigenvalue weighted by molar-refractivity contribution is 6.14. The quantitative estimate of drug-likeness (QED) is 0.154. The second-order valence-corrected chi connectivity index (χ2v) is 13.9. The largest absolute Gasteiger partial charge is 0.248 e. The van der Waals surface area contributed by atoms with Crippen molar-refractivity contribution in [2.45, 2.75) is 0 Å². The number of nitrogens with zero attached hydrogens (tertiary/aromatic N) is 4. The zero-order valence-electron chi connectivity index (χ0n) is 30.4. The van der Waals surface area contributed by atoms with Crippen LogP contribution in [0.1, 0.15) is 0 Å². The summed E-state index contributed by atoms with van der Waals surface area (Å²) in [6, 6.07) is 71.7. The van der Waals surface area contributed by atoms with Gasteiger partial charge in [0.2, 0.25) is 0 Å². The van der Waals surface area contributed by atoms with Crippen molar-refractivity contribution >= 4 is 21.7 Å². The fourth-order valence-corrected chi connectivity index (χ4v) is 7.47. The first-order chi connectivity index (χ1) is 27.7. The number of aromatic nitrogens is 4. The van der Waals surface area contributed by atoms with Gasteiger partial charge in [-0.2, -0.15) is 0 Å². The SMILES string of the molecule is c1ccc(-c2ccc(-c3nc(-c4ccccc4)nc(-c4cccc(-c5ccc6ccc7nc(-c8ccccc8)cc(-c8ccccc8)c7c6c5)c4)n3)cc2)cc1. The van der Waals surface area contributed by atoms with Crippen LogP contribution in [-0.2, 0) is 0 Å². The molecule has 56 heavy (non-hydrogen) atoms. The van der Waals surface area contributed by atoms with Crippen LogP contribution in [0.2, 0.25) is 0 Å². The number of benzene rings is 8. The topological polar surface area (TPSA) is 51.6 Å². The van der Waals surface area contributed by atoms with Crippen LogP contribution in [0, 0.1) is 0 Å². The van der Waals surface area contributed by atoms with Gasteiger partial charge in [0.05, 0.1) is 11.2 Å². The van der Waals surface area contributed by atoms with Gasteiger partial charge in [0.1, 0.15) is 0 Å². The van der Waals surface area contributed by atoms with Crippen molar-refractivity contribution in [1.29, 1.82) is 0 Å². The van der Waals surface area contributed by atoms with Crippen molar-refractivity contribution in [3.05, 3.63) is 206 Å². The summed E-state index contributed by atoms with van der Waals surface area (Å²) in [5.74, 6) is 1.89. The van der Waals surface area contributed by atoms with Crippen molar-refractivity contribution in [1.82, 2.24) is 19.9 Å². The Morgan fingerprint density at radius 3 is 1.38 bits per heavy atom. The predicted molar refractivity (Wildman–Crippen MR) is 231 cm³/mol. The van der Waals surface area contributed by atoms with Crippen LogP contribution in [0.25, 0.3) is 100 Å². The van der Waals surface area contributed by atoms with E-state index in [2.05, 4.69) is 164 Å². The lowest BCUT2D eigenvalue weighted by atomic mass is 9.92. The fraction of sp³-hybridized carbons (Fsp3) is 0. The highest BCUT2D eigenvalue weighted by Crippen LogP contribution is 2.39. The van der Waals surface area contributed by atoms with Crippen molar-refractivity contribution in [3.8, 4) is 78.8 Å². The van der Waals surface area contributed by atoms with Crippen molar-refractivity contribution in [2.24, 2.45) is 0 Å². The molecule has 2 aromatic heterocycles. The third-order valence-corrected chi connectivity index (χ3v) is 10.3. The molecule has 0 radical (unpaired) electrons. The average molecular weight is 715 g/mol. The molecule has 0 aliphatic rings. The van der Waals surface area contributed by atoms with Crippen molar-refractivity contribution < 1.29 is 0 Å². The summed E-state index contributed by atoms with van der Waals surface area (Å²) in [6.45, 7) is 0. The van der Waals surface area contributed by atoms with Crippen LogP contribution in [0.5, 0.6) is 0 Å². The number of rotatable bonds is 7. The van der Waals surface area contributed by atoms with E-state index in [1.54, 1.807) is 0 Å². The Kier molecular flexibility index (Phi) is 8.47. The molecule has 262 valence electrons. The first-order valence-electron chi connectivity index (χ1n) is 18.8. The Morgan fingerprint density at radius 1 is 0.268 bits per heavy atom. The molecule has 10 aromatic rings. The monoisotopic (exact) mass is 714 g/mol. The van der Waals surface area contributed by atoms with E-state index < -0.39 is 0 Å². The molecule has 0 aliphatic carbocycles. The van der Waals surface area contributed by atoms with Gasteiger partial charge in [0, 0.05) is 27.6 Å². The summed E-state index contributed by atoms with van der Waals surface area (Å²) in [5, 5.41) is 3.46. The molecule has 0 bridgehead atoms. The standard InChI is InChI=1S/C52H34N4/c1-5-14-35(15-6-1)36-24-27-41(28-25-36)51-54-50(40-20-11-4-12-21-40)55-52(56-51)44-23-13-22-42(32-44)43-29-26-38-30-31-47-49(45(38)33-43)46(37-16-7-2-8-17-37)34-48(53-47)39-18-9-3-10-19-39/h1-34H. The fourth-order valence-electron chi connectivity index (χ4n) is 7.47. The van der Waals surface area contributed by atoms with Gasteiger partial charge in [0.25, 0.3) is 0 Å². The highest BCUT2D eigenvalue weighted by atomic mass is 15.0. The van der Waals surface area contributed by atoms with E-state index in [9.17, 15) is 0 Å². The van der Waals surface area contributed by atoms with Gasteiger partial charge >= 0.3 is 0 Å². The van der Waals surface area contributed by atoms with Crippen LogP contribution in [0.3, 0.4) is 0 Å². The first-order valence-corrected chi connectivity index (χ1v) is 18.8. The van der Waals surface area contributed by atoms with Crippen LogP contribution in [0.15, 0.2) is 206 Å². The molecule has 4 heteroatoms. The van der Waals surface area contributed by atoms with Gasteiger partial charge in [-0.1, -0.05) is 182 Å². The molecular formula is C52H34N4. The minimum atomic E-state index is 0.623. The van der Waals surface area contributed by atoms with Gasteiger partial charge in [-0.15, -0.1) is 0 Å². The molecule has 0 aliphatic heterocycles. The molecule has 0 atom stereocenters. The van der Waals surface area contributed by atoms with E-state index in [0.29, 0.717) is 17.5 Å². The van der Waals surface area contributed by atoms with Crippen molar-refractivity contribution in [3.63, 3.8) is 0 Å². The lowest BCUT2D eigenvalue weighted by molar-refractivity contribution is 1.07. The average Bonchev–Trinajstić information content (AvgIpc) is 3.29. The van der Waals surface area contributed by atoms with E-state index in [1.807, 2.05) is 42.5 Å². The minimum Gasteiger partial charge on any atom is -0.248 e. The molecule has 10 rings (SSSR count). The Hall–Kier alpha value is -7.56. The van der Waals surface area contributed by atoms with Crippen molar-refractivity contribution in [2.75, 3.05) is 0 Å². The Morgan fingerprint density at radius 2 is 0.714 bits per heavy atom. The van der Waals surface area contributed by atoms with Crippen LogP contribution in [-0.4, -0.2) is 19.9 Å². The molecule has 2 heterocycles. The summed E-state index contributed by atoms with van der Waals surface area (Å²) in [5.41, 5.74) is 12.6. The summed E-state index contributed by atoms with van der Waals surface area (Å²) in [4.78, 5) is 20.3. The second kappa shape index (κ2) is 14.3. The van der Waals surface area contributed by atoms with Gasteiger partial charge in [-0.25, -0.2) is 19.9 Å². The number of fused-ring (bicyclic) bond motifs is 3. The minimum absolute atomic E-state index is 0.623. The molecule has 0 amide bonds. The summed E-state index contributed by atoms with van der Waals surface area (Å²) in [7, 11) is 0. The van der Waals surface area contributed by atoms with Gasteiger partial charge < -0.3 is 0 Å². The summed E-state index contributed by atoms with van der Waals surface area (Å²) < 4.78 is 0. The normalized spacial score (nSPS) is 11.2. The maximum atomic E-state index is 5.20. The van der Waals surface area contributed by atoms with E-state index in [1.165, 1.54) is 5.56 Å². The van der Waals surface area contributed by atoms with Crippen LogP contribution >= 0.6 is 0 Å². The highest BCUT2D eigenvalue weighted by Gasteiger charge is 2.16. The van der Waals surface area contributed by atoms with Gasteiger partial charge in [-0.05, 0) is 68.4 Å². The number of hydrogen-bond acceptors (Lipinski definition) is 4. The zero-order valence-corrected chi connectivity index (χ0v) is 30.4. The maximum absolute atomic E-state index is 5.20. The third-order valence-electron chi connectivity index (χ3n) is 10.3. The summed E-state index contributed by atoms with van der Waals surface area (Å²) in [6.07, 6.45) is 0. The van der Waals surface area contributed by atoms with E-state index in [-0.39, 0.29) is 0 Å². The molecule has 8 aromatic carbocycles. The van der Waals surface area contributed by atoms with E-state index >= 15 is 0 Å².